The van der Waals surface area contributed by atoms with Crippen LogP contribution in [0.5, 0.6) is 0 Å². The van der Waals surface area contributed by atoms with E-state index in [0.29, 0.717) is 19.8 Å². The first-order valence-corrected chi connectivity index (χ1v) is 5.36. The number of hydrogen-bond donors (Lipinski definition) is 0. The molecule has 0 aliphatic rings. The molecule has 0 spiro atoms. The van der Waals surface area contributed by atoms with Crippen molar-refractivity contribution in [2.45, 2.75) is 39.0 Å². The summed E-state index contributed by atoms with van der Waals surface area (Å²) in [4.78, 5) is 0. The molecule has 0 N–H and O–H groups in total. The minimum atomic E-state index is 0.542. The Morgan fingerprint density at radius 3 is 2.23 bits per heavy atom. The molecular formula is C11H23O2. The van der Waals surface area contributed by atoms with Crippen molar-refractivity contribution >= 4 is 0 Å². The van der Waals surface area contributed by atoms with Crippen molar-refractivity contribution < 1.29 is 9.47 Å². The molecule has 2 heteroatoms. The fraction of sp³-hybridized carbons (Fsp3) is 0.909. The maximum absolute atomic E-state index is 5.36. The highest BCUT2D eigenvalue weighted by atomic mass is 16.5. The molecule has 0 aliphatic carbocycles. The van der Waals surface area contributed by atoms with E-state index >= 15 is 0 Å². The van der Waals surface area contributed by atoms with Crippen LogP contribution in [0.2, 0.25) is 0 Å². The molecule has 0 atom stereocenters. The van der Waals surface area contributed by atoms with E-state index < -0.39 is 0 Å². The van der Waals surface area contributed by atoms with Crippen LogP contribution >= 0.6 is 0 Å². The van der Waals surface area contributed by atoms with Crippen LogP contribution in [0.25, 0.3) is 0 Å². The van der Waals surface area contributed by atoms with Gasteiger partial charge < -0.3 is 9.47 Å². The maximum atomic E-state index is 5.36. The summed E-state index contributed by atoms with van der Waals surface area (Å²) in [6.07, 6.45) is 6.48. The zero-order valence-corrected chi connectivity index (χ0v) is 8.89. The average molecular weight is 187 g/mol. The lowest BCUT2D eigenvalue weighted by atomic mass is 10.2. The van der Waals surface area contributed by atoms with Crippen LogP contribution in [0.15, 0.2) is 0 Å². The normalized spacial score (nSPS) is 10.6. The Kier molecular flexibility index (Phi) is 11.8. The molecule has 0 bridgehead atoms. The smallest absolute Gasteiger partial charge is 0.0700 e. The third kappa shape index (κ3) is 11.9. The van der Waals surface area contributed by atoms with E-state index in [1.165, 1.54) is 32.1 Å². The second-order valence-electron chi connectivity index (χ2n) is 3.14. The third-order valence-electron chi connectivity index (χ3n) is 1.91. The quantitative estimate of drug-likeness (QED) is 0.490. The fourth-order valence-corrected chi connectivity index (χ4v) is 1.13. The van der Waals surface area contributed by atoms with E-state index in [0.717, 1.165) is 6.61 Å². The maximum Gasteiger partial charge on any atom is 0.0700 e. The molecule has 13 heavy (non-hydrogen) atoms. The van der Waals surface area contributed by atoms with Gasteiger partial charge in [-0.25, -0.2) is 0 Å². The molecule has 79 valence electrons. The van der Waals surface area contributed by atoms with Crippen LogP contribution in [0, 0.1) is 6.92 Å². The lowest BCUT2D eigenvalue weighted by molar-refractivity contribution is 0.0561. The minimum Gasteiger partial charge on any atom is -0.379 e. The van der Waals surface area contributed by atoms with Crippen LogP contribution in [0.3, 0.4) is 0 Å². The van der Waals surface area contributed by atoms with Gasteiger partial charge in [-0.3, -0.25) is 0 Å². The van der Waals surface area contributed by atoms with Gasteiger partial charge >= 0.3 is 0 Å². The standard InChI is InChI=1S/C11H23O2/c1-3-5-6-7-8-9-13-11-10-12-4-2/h2-11H2,1H3. The Hall–Kier alpha value is -0.0800. The molecule has 0 fully saturated rings. The summed E-state index contributed by atoms with van der Waals surface area (Å²) in [6.45, 7) is 8.62. The van der Waals surface area contributed by atoms with Crippen molar-refractivity contribution in [2.75, 3.05) is 26.4 Å². The van der Waals surface area contributed by atoms with Crippen LogP contribution < -0.4 is 0 Å². The molecule has 0 rings (SSSR count). The van der Waals surface area contributed by atoms with Crippen molar-refractivity contribution in [3.8, 4) is 0 Å². The molecule has 0 aromatic carbocycles. The second-order valence-corrected chi connectivity index (χ2v) is 3.14. The van der Waals surface area contributed by atoms with Gasteiger partial charge in [0.1, 0.15) is 0 Å². The highest BCUT2D eigenvalue weighted by molar-refractivity contribution is 4.41. The van der Waals surface area contributed by atoms with Gasteiger partial charge in [-0.15, -0.1) is 0 Å². The van der Waals surface area contributed by atoms with Crippen LogP contribution in [0.1, 0.15) is 39.0 Å². The molecule has 0 aliphatic heterocycles. The topological polar surface area (TPSA) is 18.5 Å². The summed E-state index contributed by atoms with van der Waals surface area (Å²) in [5.74, 6) is 0. The number of ether oxygens (including phenoxy) is 2. The first kappa shape index (κ1) is 12.9. The third-order valence-corrected chi connectivity index (χ3v) is 1.91. The van der Waals surface area contributed by atoms with Gasteiger partial charge in [-0.05, 0) is 13.3 Å². The van der Waals surface area contributed by atoms with Crippen LogP contribution in [0.4, 0.5) is 0 Å². The summed E-state index contributed by atoms with van der Waals surface area (Å²) in [6, 6.07) is 0. The SMILES string of the molecule is [CH2]COCCOCCCCCCC. The van der Waals surface area contributed by atoms with Gasteiger partial charge in [0.15, 0.2) is 0 Å². The summed E-state index contributed by atoms with van der Waals surface area (Å²) >= 11 is 0. The molecule has 0 aromatic heterocycles. The van der Waals surface area contributed by atoms with Gasteiger partial charge in [0.2, 0.25) is 0 Å². The van der Waals surface area contributed by atoms with E-state index in [1.54, 1.807) is 0 Å². The summed E-state index contributed by atoms with van der Waals surface area (Å²) < 4.78 is 10.4. The lowest BCUT2D eigenvalue weighted by Crippen LogP contribution is -2.04. The highest BCUT2D eigenvalue weighted by Crippen LogP contribution is 2.01. The largest absolute Gasteiger partial charge is 0.379 e. The van der Waals surface area contributed by atoms with Gasteiger partial charge in [-0.2, -0.15) is 0 Å². The Balaban J connectivity index is 2.76. The molecule has 0 saturated heterocycles. The van der Waals surface area contributed by atoms with E-state index in [1.807, 2.05) is 0 Å². The van der Waals surface area contributed by atoms with E-state index in [9.17, 15) is 0 Å². The molecule has 2 nitrogen and oxygen atoms in total. The highest BCUT2D eigenvalue weighted by Gasteiger charge is 1.90. The summed E-state index contributed by atoms with van der Waals surface area (Å²) in [7, 11) is 0. The van der Waals surface area contributed by atoms with Crippen molar-refractivity contribution in [3.63, 3.8) is 0 Å². The molecule has 0 unspecified atom stereocenters. The summed E-state index contributed by atoms with van der Waals surface area (Å²) in [5, 5.41) is 0. The van der Waals surface area contributed by atoms with Crippen LogP contribution in [-0.4, -0.2) is 26.4 Å². The Morgan fingerprint density at radius 2 is 1.54 bits per heavy atom. The van der Waals surface area contributed by atoms with Gasteiger partial charge in [-0.1, -0.05) is 32.6 Å². The molecule has 0 aromatic rings. The first-order chi connectivity index (χ1) is 6.41. The Morgan fingerprint density at radius 1 is 0.846 bits per heavy atom. The fourth-order valence-electron chi connectivity index (χ4n) is 1.13. The molecule has 1 radical (unpaired) electrons. The molecular weight excluding hydrogens is 164 g/mol. The van der Waals surface area contributed by atoms with Crippen molar-refractivity contribution in [1.82, 2.24) is 0 Å². The van der Waals surface area contributed by atoms with E-state index in [2.05, 4.69) is 13.8 Å². The molecule has 0 heterocycles. The Bertz CT molecular complexity index is 74.2. The average Bonchev–Trinajstić information content (AvgIpc) is 2.16. The van der Waals surface area contributed by atoms with Gasteiger partial charge in [0.25, 0.3) is 0 Å². The number of rotatable bonds is 10. The van der Waals surface area contributed by atoms with Gasteiger partial charge in [0, 0.05) is 13.2 Å². The van der Waals surface area contributed by atoms with Crippen molar-refractivity contribution in [2.24, 2.45) is 0 Å². The van der Waals surface area contributed by atoms with Gasteiger partial charge in [0.05, 0.1) is 13.2 Å². The second kappa shape index (κ2) is 11.9. The lowest BCUT2D eigenvalue weighted by Gasteiger charge is -2.03. The molecule has 0 amide bonds. The zero-order valence-electron chi connectivity index (χ0n) is 8.89. The van der Waals surface area contributed by atoms with Crippen molar-refractivity contribution in [1.29, 1.82) is 0 Å². The minimum absolute atomic E-state index is 0.542. The summed E-state index contributed by atoms with van der Waals surface area (Å²) in [5.41, 5.74) is 0. The zero-order chi connectivity index (χ0) is 9.78. The predicted molar refractivity (Wildman–Crippen MR) is 55.8 cm³/mol. The van der Waals surface area contributed by atoms with E-state index in [4.69, 9.17) is 9.47 Å². The predicted octanol–water partition coefficient (Wildman–Crippen LogP) is 2.82. The number of hydrogen-bond acceptors (Lipinski definition) is 2. The number of unbranched alkanes of at least 4 members (excludes halogenated alkanes) is 4. The van der Waals surface area contributed by atoms with E-state index in [-0.39, 0.29) is 0 Å². The monoisotopic (exact) mass is 187 g/mol. The van der Waals surface area contributed by atoms with Crippen LogP contribution in [-0.2, 0) is 9.47 Å². The first-order valence-electron chi connectivity index (χ1n) is 5.36. The van der Waals surface area contributed by atoms with Crippen molar-refractivity contribution in [3.05, 3.63) is 6.92 Å². The Labute approximate surface area is 82.6 Å². The molecule has 0 saturated carbocycles.